The van der Waals surface area contributed by atoms with E-state index in [2.05, 4.69) is 24.1 Å². The third kappa shape index (κ3) is 4.41. The monoisotopic (exact) mass is 246 g/mol. The summed E-state index contributed by atoms with van der Waals surface area (Å²) in [6, 6.07) is 6.74. The minimum Gasteiger partial charge on any atom is -0.352 e. The summed E-state index contributed by atoms with van der Waals surface area (Å²) in [6.45, 7) is 6.13. The Morgan fingerprint density at radius 3 is 2.50 bits per heavy atom. The van der Waals surface area contributed by atoms with Gasteiger partial charge in [0.05, 0.1) is 0 Å². The molecule has 0 bridgehead atoms. The number of rotatable bonds is 6. The Labute approximate surface area is 107 Å². The molecule has 0 saturated carbocycles. The molecular formula is C14H18N2O2. The standard InChI is InChI=1S/C14H18N2O2/c1-3-5-10-15-14(18)11-6-8-12(9-7-11)16-13(17)4-2/h4,6-9H,2-3,5,10H2,1H3,(H,15,18)(H,16,17). The highest BCUT2D eigenvalue weighted by Gasteiger charge is 2.04. The second-order valence-corrected chi connectivity index (χ2v) is 3.88. The highest BCUT2D eigenvalue weighted by Crippen LogP contribution is 2.09. The molecule has 0 heterocycles. The molecule has 0 saturated heterocycles. The lowest BCUT2D eigenvalue weighted by Gasteiger charge is -2.06. The molecule has 1 rings (SSSR count). The molecule has 0 radical (unpaired) electrons. The van der Waals surface area contributed by atoms with E-state index in [0.29, 0.717) is 17.8 Å². The van der Waals surface area contributed by atoms with E-state index in [0.717, 1.165) is 12.8 Å². The summed E-state index contributed by atoms with van der Waals surface area (Å²) in [5, 5.41) is 5.45. The minimum atomic E-state index is -0.268. The number of hydrogen-bond acceptors (Lipinski definition) is 2. The van der Waals surface area contributed by atoms with Gasteiger partial charge in [0, 0.05) is 17.8 Å². The van der Waals surface area contributed by atoms with Crippen LogP contribution in [0.1, 0.15) is 30.1 Å². The van der Waals surface area contributed by atoms with Gasteiger partial charge in [-0.1, -0.05) is 19.9 Å². The first-order chi connectivity index (χ1) is 8.67. The number of hydrogen-bond donors (Lipinski definition) is 2. The quantitative estimate of drug-likeness (QED) is 0.598. The molecule has 1 aromatic rings. The van der Waals surface area contributed by atoms with Crippen LogP contribution >= 0.6 is 0 Å². The fourth-order valence-corrected chi connectivity index (χ4v) is 1.38. The number of benzene rings is 1. The second-order valence-electron chi connectivity index (χ2n) is 3.88. The van der Waals surface area contributed by atoms with E-state index in [-0.39, 0.29) is 11.8 Å². The second kappa shape index (κ2) is 7.27. The molecule has 0 spiro atoms. The normalized spacial score (nSPS) is 9.61. The summed E-state index contributed by atoms with van der Waals surface area (Å²) in [6.07, 6.45) is 3.22. The predicted octanol–water partition coefficient (Wildman–Crippen LogP) is 2.34. The lowest BCUT2D eigenvalue weighted by Crippen LogP contribution is -2.24. The van der Waals surface area contributed by atoms with Gasteiger partial charge in [0.2, 0.25) is 5.91 Å². The van der Waals surface area contributed by atoms with Crippen molar-refractivity contribution >= 4 is 17.5 Å². The number of carbonyl (C=O) groups is 2. The SMILES string of the molecule is C=CC(=O)Nc1ccc(C(=O)NCCCC)cc1. The fourth-order valence-electron chi connectivity index (χ4n) is 1.38. The van der Waals surface area contributed by atoms with E-state index < -0.39 is 0 Å². The van der Waals surface area contributed by atoms with Gasteiger partial charge in [-0.05, 0) is 36.8 Å². The Kier molecular flexibility index (Phi) is 5.64. The van der Waals surface area contributed by atoms with E-state index in [9.17, 15) is 9.59 Å². The zero-order chi connectivity index (χ0) is 13.4. The average Bonchev–Trinajstić information content (AvgIpc) is 2.39. The van der Waals surface area contributed by atoms with Crippen LogP contribution in [0.25, 0.3) is 0 Å². The molecule has 4 nitrogen and oxygen atoms in total. The Morgan fingerprint density at radius 2 is 1.94 bits per heavy atom. The molecule has 0 aliphatic carbocycles. The van der Waals surface area contributed by atoms with Crippen molar-refractivity contribution in [3.63, 3.8) is 0 Å². The van der Waals surface area contributed by atoms with Gasteiger partial charge in [-0.15, -0.1) is 0 Å². The summed E-state index contributed by atoms with van der Waals surface area (Å²) in [7, 11) is 0. The number of carbonyl (C=O) groups excluding carboxylic acids is 2. The first-order valence-electron chi connectivity index (χ1n) is 5.99. The van der Waals surface area contributed by atoms with E-state index in [1.54, 1.807) is 24.3 Å². The van der Waals surface area contributed by atoms with Gasteiger partial charge in [-0.3, -0.25) is 9.59 Å². The lowest BCUT2D eigenvalue weighted by molar-refractivity contribution is -0.111. The molecule has 96 valence electrons. The van der Waals surface area contributed by atoms with Gasteiger partial charge in [0.25, 0.3) is 5.91 Å². The molecule has 0 atom stereocenters. The molecule has 18 heavy (non-hydrogen) atoms. The van der Waals surface area contributed by atoms with Crippen LogP contribution in [-0.4, -0.2) is 18.4 Å². The molecule has 2 amide bonds. The smallest absolute Gasteiger partial charge is 0.251 e. The summed E-state index contributed by atoms with van der Waals surface area (Å²) < 4.78 is 0. The predicted molar refractivity (Wildman–Crippen MR) is 72.5 cm³/mol. The van der Waals surface area contributed by atoms with Crippen molar-refractivity contribution in [3.8, 4) is 0 Å². The molecular weight excluding hydrogens is 228 g/mol. The van der Waals surface area contributed by atoms with Crippen molar-refractivity contribution in [3.05, 3.63) is 42.5 Å². The van der Waals surface area contributed by atoms with E-state index >= 15 is 0 Å². The first kappa shape index (κ1) is 14.0. The highest BCUT2D eigenvalue weighted by molar-refractivity contribution is 5.99. The number of amides is 2. The van der Waals surface area contributed by atoms with E-state index in [1.807, 2.05) is 0 Å². The number of unbranched alkanes of at least 4 members (excludes halogenated alkanes) is 1. The number of anilines is 1. The number of nitrogens with one attached hydrogen (secondary N) is 2. The summed E-state index contributed by atoms with van der Waals surface area (Å²) in [5.74, 6) is -0.361. The minimum absolute atomic E-state index is 0.0925. The van der Waals surface area contributed by atoms with Crippen molar-refractivity contribution in [1.29, 1.82) is 0 Å². The van der Waals surface area contributed by atoms with Crippen molar-refractivity contribution in [2.24, 2.45) is 0 Å². The summed E-state index contributed by atoms with van der Waals surface area (Å²) >= 11 is 0. The van der Waals surface area contributed by atoms with Crippen molar-refractivity contribution in [2.75, 3.05) is 11.9 Å². The van der Waals surface area contributed by atoms with Crippen molar-refractivity contribution in [1.82, 2.24) is 5.32 Å². The molecule has 0 fully saturated rings. The highest BCUT2D eigenvalue weighted by atomic mass is 16.2. The Morgan fingerprint density at radius 1 is 1.28 bits per heavy atom. The van der Waals surface area contributed by atoms with Gasteiger partial charge in [0.1, 0.15) is 0 Å². The topological polar surface area (TPSA) is 58.2 Å². The van der Waals surface area contributed by atoms with Crippen LogP contribution in [0.5, 0.6) is 0 Å². The van der Waals surface area contributed by atoms with Gasteiger partial charge < -0.3 is 10.6 Å². The molecule has 4 heteroatoms. The van der Waals surface area contributed by atoms with Crippen LogP contribution in [0.2, 0.25) is 0 Å². The first-order valence-corrected chi connectivity index (χ1v) is 5.99. The molecule has 1 aromatic carbocycles. The molecule has 0 aromatic heterocycles. The van der Waals surface area contributed by atoms with Crippen LogP contribution in [0.15, 0.2) is 36.9 Å². The van der Waals surface area contributed by atoms with Gasteiger partial charge in [-0.25, -0.2) is 0 Å². The van der Waals surface area contributed by atoms with Crippen molar-refractivity contribution in [2.45, 2.75) is 19.8 Å². The fraction of sp³-hybridized carbons (Fsp3) is 0.286. The lowest BCUT2D eigenvalue weighted by atomic mass is 10.2. The van der Waals surface area contributed by atoms with Crippen LogP contribution in [-0.2, 0) is 4.79 Å². The zero-order valence-corrected chi connectivity index (χ0v) is 10.5. The van der Waals surface area contributed by atoms with Crippen LogP contribution in [0, 0.1) is 0 Å². The molecule has 2 N–H and O–H groups in total. The zero-order valence-electron chi connectivity index (χ0n) is 10.5. The molecule has 0 aliphatic rings. The van der Waals surface area contributed by atoms with E-state index in [4.69, 9.17) is 0 Å². The maximum Gasteiger partial charge on any atom is 0.251 e. The Bertz CT molecular complexity index is 424. The summed E-state index contributed by atoms with van der Waals surface area (Å²) in [4.78, 5) is 22.8. The van der Waals surface area contributed by atoms with Crippen molar-refractivity contribution < 1.29 is 9.59 Å². The third-order valence-corrected chi connectivity index (χ3v) is 2.42. The Balaban J connectivity index is 2.56. The van der Waals surface area contributed by atoms with Crippen LogP contribution in [0.3, 0.4) is 0 Å². The van der Waals surface area contributed by atoms with E-state index in [1.165, 1.54) is 6.08 Å². The van der Waals surface area contributed by atoms with Crippen LogP contribution in [0.4, 0.5) is 5.69 Å². The Hall–Kier alpha value is -2.10. The third-order valence-electron chi connectivity index (χ3n) is 2.42. The maximum atomic E-state index is 11.7. The maximum absolute atomic E-state index is 11.7. The molecule has 0 aliphatic heterocycles. The summed E-state index contributed by atoms with van der Waals surface area (Å²) in [5.41, 5.74) is 1.23. The average molecular weight is 246 g/mol. The molecule has 0 unspecified atom stereocenters. The van der Waals surface area contributed by atoms with Gasteiger partial charge in [0.15, 0.2) is 0 Å². The van der Waals surface area contributed by atoms with Gasteiger partial charge in [-0.2, -0.15) is 0 Å². The van der Waals surface area contributed by atoms with Gasteiger partial charge >= 0.3 is 0 Å². The van der Waals surface area contributed by atoms with Crippen LogP contribution < -0.4 is 10.6 Å². The largest absolute Gasteiger partial charge is 0.352 e.